The van der Waals surface area contributed by atoms with Gasteiger partial charge in [0.25, 0.3) is 0 Å². The number of hydrogen-bond acceptors (Lipinski definition) is 12. The van der Waals surface area contributed by atoms with Crippen LogP contribution in [0.25, 0.3) is 44.0 Å². The molecule has 6 aromatic rings. The van der Waals surface area contributed by atoms with Gasteiger partial charge in [0.1, 0.15) is 42.1 Å². The molecule has 6 aliphatic heterocycles. The highest BCUT2D eigenvalue weighted by Gasteiger charge is 2.54. The number of hydrogen-bond donors (Lipinski definition) is 2. The molecule has 74 heavy (non-hydrogen) atoms. The minimum absolute atomic E-state index is 0.0134. The fraction of sp³-hybridized carbons (Fsp3) is 0.482. The molecule has 6 saturated heterocycles. The number of amides is 3. The maximum absolute atomic E-state index is 17.2. The highest BCUT2D eigenvalue weighted by atomic mass is 19.1. The molecular weight excluding hydrogens is 947 g/mol. The van der Waals surface area contributed by atoms with E-state index in [1.54, 1.807) is 36.0 Å². The number of nitrogens with one attached hydrogen (secondary N) is 2. The number of imide groups is 1. The number of rotatable bonds is 11. The first-order valence-electron chi connectivity index (χ1n) is 26.3. The van der Waals surface area contributed by atoms with Crippen molar-refractivity contribution >= 4 is 56.4 Å². The Morgan fingerprint density at radius 3 is 2.58 bits per heavy atom. The lowest BCUT2D eigenvalue weighted by Gasteiger charge is -2.58. The summed E-state index contributed by atoms with van der Waals surface area (Å²) in [5, 5.41) is 7.60. The van der Waals surface area contributed by atoms with Crippen LogP contribution in [0.2, 0.25) is 0 Å². The van der Waals surface area contributed by atoms with Gasteiger partial charge in [0.05, 0.1) is 27.5 Å². The Morgan fingerprint density at radius 2 is 1.78 bits per heavy atom. The number of nitrogens with zero attached hydrogens (tertiary/aromatic N) is 8. The van der Waals surface area contributed by atoms with Crippen molar-refractivity contribution in [2.45, 2.75) is 107 Å². The minimum atomic E-state index is -0.720. The van der Waals surface area contributed by atoms with Gasteiger partial charge < -0.3 is 24.6 Å². The van der Waals surface area contributed by atoms with Crippen LogP contribution in [0.4, 0.5) is 19.4 Å². The van der Waals surface area contributed by atoms with Crippen molar-refractivity contribution in [1.82, 2.24) is 44.5 Å². The van der Waals surface area contributed by atoms with Gasteiger partial charge >= 0.3 is 17.8 Å². The van der Waals surface area contributed by atoms with Crippen molar-refractivity contribution < 1.29 is 32.6 Å². The van der Waals surface area contributed by atoms with Gasteiger partial charge in [-0.1, -0.05) is 42.3 Å². The molecule has 1 saturated carbocycles. The summed E-state index contributed by atoms with van der Waals surface area (Å²) in [6, 6.07) is 14.1. The summed E-state index contributed by atoms with van der Waals surface area (Å²) in [6.45, 7) is 4.19. The molecule has 5 atom stereocenters. The van der Waals surface area contributed by atoms with Crippen LogP contribution in [0.1, 0.15) is 87.8 Å². The molecule has 13 rings (SSSR count). The van der Waals surface area contributed by atoms with E-state index in [1.165, 1.54) is 10.6 Å². The largest absolute Gasteiger partial charge is 0.461 e. The van der Waals surface area contributed by atoms with E-state index in [1.807, 2.05) is 29.2 Å². The Labute approximate surface area is 425 Å². The van der Waals surface area contributed by atoms with Crippen LogP contribution in [-0.4, -0.2) is 121 Å². The van der Waals surface area contributed by atoms with Crippen LogP contribution in [0.15, 0.2) is 59.5 Å². The van der Waals surface area contributed by atoms with Gasteiger partial charge in [-0.2, -0.15) is 9.97 Å². The lowest BCUT2D eigenvalue weighted by atomic mass is 9.57. The molecule has 382 valence electrons. The second-order valence-electron chi connectivity index (χ2n) is 22.2. The Hall–Kier alpha value is -6.97. The highest BCUT2D eigenvalue weighted by molar-refractivity contribution is 6.02. The SMILES string of the molecule is C#Cc1c(F)ccc2cccc(-c3ncc4c(N5CC6CCC(C5)N6)nc(OC[C@@]56CCCN5[C@H](COC(=O)N5CC7(CC(CCc8cccc9c8n(C)c(=O)n9C8CCC(=O)NC8=O)C7)C5)CC6)nc4c3F)c12. The van der Waals surface area contributed by atoms with Gasteiger partial charge in [0.15, 0.2) is 5.82 Å². The fourth-order valence-electron chi connectivity index (χ4n) is 14.3. The van der Waals surface area contributed by atoms with Crippen LogP contribution in [-0.2, 0) is 27.8 Å². The number of para-hydroxylation sites is 1. The van der Waals surface area contributed by atoms with E-state index < -0.39 is 23.6 Å². The molecule has 0 radical (unpaired) electrons. The molecule has 1 aliphatic carbocycles. The van der Waals surface area contributed by atoms with Gasteiger partial charge in [-0.3, -0.25) is 33.9 Å². The summed E-state index contributed by atoms with van der Waals surface area (Å²) >= 11 is 0. The summed E-state index contributed by atoms with van der Waals surface area (Å²) in [6.07, 6.45) is 17.1. The quantitative estimate of drug-likeness (QED) is 0.107. The predicted molar refractivity (Wildman–Crippen MR) is 272 cm³/mol. The maximum Gasteiger partial charge on any atom is 0.409 e. The van der Waals surface area contributed by atoms with E-state index in [0.717, 1.165) is 81.8 Å². The van der Waals surface area contributed by atoms with Crippen molar-refractivity contribution in [2.75, 3.05) is 50.8 Å². The Morgan fingerprint density at radius 1 is 0.973 bits per heavy atom. The number of anilines is 1. The number of piperazine rings is 1. The number of terminal acetylenes is 1. The standard InChI is InChI=1S/C56H58F2N10O6/c1-3-38-41(57)16-13-33-7-4-9-39(45(33)38)47-46(58)48-40(25-59-47)50(65-26-35-14-15-36(27-65)60-35)63-52(62-48)74-31-56-20-6-22-67(56)37(19-21-56)28-73-54(72)66-29-55(30-66)23-32(24-55)11-12-34-8-5-10-42-49(34)64(2)53(71)68(42)43-17-18-44(69)61-51(43)70/h1,4-5,7-10,13,16,25,32,35-37,43,60H,6,11-12,14-15,17-24,26-31H2,2H3,(H,61,69,70)/t35?,36?,37-,43?,56-/m0/s1. The number of aryl methyl sites for hydroxylation is 2. The molecule has 3 amide bonds. The second-order valence-corrected chi connectivity index (χ2v) is 22.2. The summed E-state index contributed by atoms with van der Waals surface area (Å²) in [5.74, 6) is 1.55. The van der Waals surface area contributed by atoms with Gasteiger partial charge in [-0.05, 0) is 106 Å². The number of piperidine rings is 1. The molecular formula is C56H58F2N10O6. The van der Waals surface area contributed by atoms with E-state index in [2.05, 4.69) is 31.3 Å². The summed E-state index contributed by atoms with van der Waals surface area (Å²) < 4.78 is 48.0. The first-order valence-corrected chi connectivity index (χ1v) is 26.3. The third-order valence-corrected chi connectivity index (χ3v) is 17.7. The molecule has 3 aromatic carbocycles. The number of carbonyl (C=O) groups excluding carboxylic acids is 3. The zero-order valence-corrected chi connectivity index (χ0v) is 41.4. The number of benzene rings is 3. The van der Waals surface area contributed by atoms with Crippen molar-refractivity contribution in [3.63, 3.8) is 0 Å². The maximum atomic E-state index is 17.2. The van der Waals surface area contributed by atoms with E-state index in [4.69, 9.17) is 25.9 Å². The summed E-state index contributed by atoms with van der Waals surface area (Å²) in [5.41, 5.74) is 2.62. The van der Waals surface area contributed by atoms with Crippen LogP contribution in [0.5, 0.6) is 6.01 Å². The number of pyridine rings is 1. The molecule has 9 heterocycles. The Kier molecular flexibility index (Phi) is 11.3. The van der Waals surface area contributed by atoms with Crippen LogP contribution < -0.4 is 26.0 Å². The molecule has 7 aliphatic rings. The van der Waals surface area contributed by atoms with Crippen molar-refractivity contribution in [2.24, 2.45) is 18.4 Å². The number of imidazole rings is 1. The zero-order valence-electron chi connectivity index (χ0n) is 41.4. The molecule has 16 nitrogen and oxygen atoms in total. The van der Waals surface area contributed by atoms with Gasteiger partial charge in [0.2, 0.25) is 11.8 Å². The summed E-state index contributed by atoms with van der Waals surface area (Å²) in [7, 11) is 1.74. The smallest absolute Gasteiger partial charge is 0.409 e. The van der Waals surface area contributed by atoms with E-state index in [9.17, 15) is 19.2 Å². The number of aromatic nitrogens is 5. The Balaban J connectivity index is 0.653. The van der Waals surface area contributed by atoms with Gasteiger partial charge in [-0.25, -0.2) is 18.4 Å². The molecule has 2 bridgehead atoms. The predicted octanol–water partition coefficient (Wildman–Crippen LogP) is 6.53. The van der Waals surface area contributed by atoms with Gasteiger partial charge in [-0.15, -0.1) is 6.42 Å². The van der Waals surface area contributed by atoms with E-state index in [-0.39, 0.29) is 82.6 Å². The highest BCUT2D eigenvalue weighted by Crippen LogP contribution is 2.54. The fourth-order valence-corrected chi connectivity index (χ4v) is 14.3. The van der Waals surface area contributed by atoms with Crippen molar-refractivity contribution in [1.29, 1.82) is 0 Å². The molecule has 18 heteroatoms. The zero-order chi connectivity index (χ0) is 50.6. The minimum Gasteiger partial charge on any atom is -0.461 e. The summed E-state index contributed by atoms with van der Waals surface area (Å²) in [4.78, 5) is 72.3. The molecule has 3 unspecified atom stereocenters. The topological polar surface area (TPSA) is 169 Å². The second kappa shape index (κ2) is 17.9. The molecule has 1 spiro atoms. The number of halogens is 2. The molecule has 7 fully saturated rings. The number of carbonyl (C=O) groups is 3. The van der Waals surface area contributed by atoms with Crippen molar-refractivity contribution in [3.05, 3.63) is 88.0 Å². The van der Waals surface area contributed by atoms with Gasteiger partial charge in [0, 0.05) is 80.3 Å². The lowest BCUT2D eigenvalue weighted by Crippen LogP contribution is -2.64. The molecule has 3 aromatic heterocycles. The first-order chi connectivity index (χ1) is 35.9. The number of fused-ring (bicyclic) bond motifs is 6. The normalized spacial score (nSPS) is 25.4. The average Bonchev–Trinajstić information content (AvgIpc) is 4.12. The lowest BCUT2D eigenvalue weighted by molar-refractivity contribution is -0.135. The third-order valence-electron chi connectivity index (χ3n) is 17.7. The Bertz CT molecular complexity index is 3420. The van der Waals surface area contributed by atoms with E-state index in [0.29, 0.717) is 78.2 Å². The first kappa shape index (κ1) is 46.8. The van der Waals surface area contributed by atoms with Crippen molar-refractivity contribution in [3.8, 4) is 29.6 Å². The van der Waals surface area contributed by atoms with Crippen LogP contribution >= 0.6 is 0 Å². The van der Waals surface area contributed by atoms with Crippen LogP contribution in [0.3, 0.4) is 0 Å². The van der Waals surface area contributed by atoms with Crippen LogP contribution in [0, 0.1) is 35.3 Å². The monoisotopic (exact) mass is 1000 g/mol. The molecule has 2 N–H and O–H groups in total. The third kappa shape index (κ3) is 7.70. The van der Waals surface area contributed by atoms with E-state index >= 15 is 8.78 Å². The average molecular weight is 1010 g/mol. The number of likely N-dealkylation sites (tertiary alicyclic amines) is 1. The number of ether oxygens (including phenoxy) is 2.